The second-order valence-corrected chi connectivity index (χ2v) is 17.1. The van der Waals surface area contributed by atoms with Crippen molar-refractivity contribution in [3.63, 3.8) is 0 Å². The number of hydrogen-bond acceptors (Lipinski definition) is 3. The normalized spacial score (nSPS) is 20.0. The molecule has 0 atom stereocenters. The average molecular weight is 478 g/mol. The van der Waals surface area contributed by atoms with Crippen LogP contribution < -0.4 is 4.74 Å². The molecule has 0 saturated heterocycles. The van der Waals surface area contributed by atoms with Gasteiger partial charge in [-0.1, -0.05) is 57.1 Å². The van der Waals surface area contributed by atoms with Gasteiger partial charge in [0, 0.05) is 6.08 Å². The minimum Gasteiger partial charge on any atom is -0.494 e. The lowest BCUT2D eigenvalue weighted by Crippen LogP contribution is -2.17. The fourth-order valence-electron chi connectivity index (χ4n) is 3.82. The molecule has 0 amide bonds. The molecule has 0 N–H and O–H groups in total. The summed E-state index contributed by atoms with van der Waals surface area (Å²) in [5.74, 6) is 2.12. The lowest BCUT2D eigenvalue weighted by atomic mass is 9.79. The molecule has 0 aliphatic heterocycles. The zero-order valence-corrected chi connectivity index (χ0v) is 20.3. The first-order valence-electron chi connectivity index (χ1n) is 10.4. The Bertz CT molecular complexity index is 636. The van der Waals surface area contributed by atoms with Crippen molar-refractivity contribution in [2.24, 2.45) is 11.8 Å². The van der Waals surface area contributed by atoms with Crippen LogP contribution in [0.1, 0.15) is 56.9 Å². The largest absolute Gasteiger partial charge is 0.494 e. The molecule has 1 aromatic rings. The summed E-state index contributed by atoms with van der Waals surface area (Å²) in [6.07, 6.45) is 13.0. The summed E-state index contributed by atoms with van der Waals surface area (Å²) in [5, 5.41) is 0. The molecule has 2 rings (SSSR count). The molecule has 1 aromatic carbocycles. The molecule has 1 saturated carbocycles. The molecule has 0 spiro atoms. The molecule has 0 bridgehead atoms. The number of carbonyl (C=O) groups excluding carboxylic acids is 1. The number of halogens is 3. The standard InChI is InChI=1S/C22H31Cl3O3Si/c1-27-22(26)14-11-19-9-12-21(13-10-19)28-16-15-20-7-5-18(6-8-20)4-2-3-17-29(23,24)25/h9-14,18,20H,2-8,15-17H2,1H3/b14-11+/t18-,20-. The summed E-state index contributed by atoms with van der Waals surface area (Å²) in [6.45, 7) is 0.751. The lowest BCUT2D eigenvalue weighted by molar-refractivity contribution is -0.134. The SMILES string of the molecule is COC(=O)/C=C/c1ccc(OCC[C@H]2CC[C@H](CCCC[Si](Cl)(Cl)Cl)CC2)cc1. The van der Waals surface area contributed by atoms with E-state index in [4.69, 9.17) is 38.0 Å². The smallest absolute Gasteiger partial charge is 0.341 e. The van der Waals surface area contributed by atoms with Crippen molar-refractivity contribution in [2.45, 2.75) is 57.4 Å². The van der Waals surface area contributed by atoms with E-state index in [2.05, 4.69) is 4.74 Å². The van der Waals surface area contributed by atoms with Gasteiger partial charge in [0.05, 0.1) is 13.7 Å². The van der Waals surface area contributed by atoms with Crippen molar-refractivity contribution in [2.75, 3.05) is 13.7 Å². The summed E-state index contributed by atoms with van der Waals surface area (Å²) in [5.41, 5.74) is 0.942. The molecule has 0 radical (unpaired) electrons. The number of unbranched alkanes of at least 4 members (excludes halogenated alkanes) is 1. The van der Waals surface area contributed by atoms with E-state index in [1.54, 1.807) is 6.08 Å². The van der Waals surface area contributed by atoms with E-state index in [1.807, 2.05) is 24.3 Å². The highest BCUT2D eigenvalue weighted by Gasteiger charge is 2.25. The van der Waals surface area contributed by atoms with Crippen LogP contribution in [0.3, 0.4) is 0 Å². The third-order valence-electron chi connectivity index (χ3n) is 5.58. The van der Waals surface area contributed by atoms with Crippen LogP contribution in [0.2, 0.25) is 6.04 Å². The highest BCUT2D eigenvalue weighted by Crippen LogP contribution is 2.34. The third kappa shape index (κ3) is 10.8. The van der Waals surface area contributed by atoms with Gasteiger partial charge in [0.2, 0.25) is 0 Å². The van der Waals surface area contributed by atoms with Gasteiger partial charge in [-0.05, 0) is 48.1 Å². The molecule has 3 nitrogen and oxygen atoms in total. The number of hydrogen-bond donors (Lipinski definition) is 0. The Morgan fingerprint density at radius 1 is 1.03 bits per heavy atom. The van der Waals surface area contributed by atoms with Crippen molar-refractivity contribution >= 4 is 51.3 Å². The van der Waals surface area contributed by atoms with Crippen LogP contribution in [0.15, 0.2) is 30.3 Å². The van der Waals surface area contributed by atoms with Crippen molar-refractivity contribution in [1.29, 1.82) is 0 Å². The van der Waals surface area contributed by atoms with Gasteiger partial charge in [-0.3, -0.25) is 0 Å². The minimum absolute atomic E-state index is 0.357. The highest BCUT2D eigenvalue weighted by atomic mass is 35.8. The maximum Gasteiger partial charge on any atom is 0.341 e. The Morgan fingerprint density at radius 3 is 2.24 bits per heavy atom. The molecule has 29 heavy (non-hydrogen) atoms. The van der Waals surface area contributed by atoms with E-state index in [-0.39, 0.29) is 5.97 Å². The van der Waals surface area contributed by atoms with Crippen molar-refractivity contribution < 1.29 is 14.3 Å². The molecule has 7 heteroatoms. The fourth-order valence-corrected chi connectivity index (χ4v) is 5.67. The van der Waals surface area contributed by atoms with Crippen LogP contribution in [-0.4, -0.2) is 25.7 Å². The van der Waals surface area contributed by atoms with Crippen LogP contribution in [-0.2, 0) is 9.53 Å². The van der Waals surface area contributed by atoms with Crippen molar-refractivity contribution in [1.82, 2.24) is 0 Å². The number of carbonyl (C=O) groups is 1. The number of ether oxygens (including phenoxy) is 2. The van der Waals surface area contributed by atoms with Gasteiger partial charge in [0.1, 0.15) is 5.75 Å². The molecule has 0 heterocycles. The predicted octanol–water partition coefficient (Wildman–Crippen LogP) is 7.27. The van der Waals surface area contributed by atoms with Crippen LogP contribution in [0.25, 0.3) is 6.08 Å². The highest BCUT2D eigenvalue weighted by molar-refractivity contribution is 7.64. The van der Waals surface area contributed by atoms with Gasteiger partial charge in [-0.2, -0.15) is 0 Å². The molecule has 0 unspecified atom stereocenters. The van der Waals surface area contributed by atoms with E-state index in [0.717, 1.165) is 48.6 Å². The zero-order valence-electron chi connectivity index (χ0n) is 17.0. The number of rotatable bonds is 11. The molecule has 1 fully saturated rings. The lowest BCUT2D eigenvalue weighted by Gasteiger charge is -2.28. The van der Waals surface area contributed by atoms with E-state index in [0.29, 0.717) is 0 Å². The Balaban J connectivity index is 1.58. The number of benzene rings is 1. The molecule has 1 aliphatic carbocycles. The topological polar surface area (TPSA) is 35.5 Å². The summed E-state index contributed by atoms with van der Waals surface area (Å²) < 4.78 is 10.5. The Hall–Kier alpha value is -0.683. The Morgan fingerprint density at radius 2 is 1.66 bits per heavy atom. The quantitative estimate of drug-likeness (QED) is 0.110. The molecule has 1 aliphatic rings. The second-order valence-electron chi connectivity index (χ2n) is 7.81. The first-order valence-corrected chi connectivity index (χ1v) is 15.7. The van der Waals surface area contributed by atoms with Gasteiger partial charge in [-0.15, -0.1) is 33.2 Å². The minimum atomic E-state index is -2.43. The van der Waals surface area contributed by atoms with Gasteiger partial charge < -0.3 is 9.47 Å². The Labute approximate surface area is 189 Å². The van der Waals surface area contributed by atoms with Crippen LogP contribution in [0.4, 0.5) is 0 Å². The molecule has 0 aromatic heterocycles. The van der Waals surface area contributed by atoms with E-state index >= 15 is 0 Å². The van der Waals surface area contributed by atoms with E-state index < -0.39 is 6.00 Å². The molecular weight excluding hydrogens is 447 g/mol. The van der Waals surface area contributed by atoms with Gasteiger partial charge in [0.15, 0.2) is 0 Å². The number of esters is 1. The van der Waals surface area contributed by atoms with Crippen LogP contribution in [0.5, 0.6) is 5.75 Å². The maximum absolute atomic E-state index is 11.1. The average Bonchev–Trinajstić information content (AvgIpc) is 2.70. The third-order valence-corrected chi connectivity index (χ3v) is 8.20. The van der Waals surface area contributed by atoms with Gasteiger partial charge >= 0.3 is 12.0 Å². The summed E-state index contributed by atoms with van der Waals surface area (Å²) >= 11 is 17.8. The van der Waals surface area contributed by atoms with Gasteiger partial charge in [0.25, 0.3) is 0 Å². The number of methoxy groups -OCH3 is 1. The fraction of sp³-hybridized carbons (Fsp3) is 0.591. The summed E-state index contributed by atoms with van der Waals surface area (Å²) in [4.78, 5) is 11.1. The molecule has 162 valence electrons. The van der Waals surface area contributed by atoms with E-state index in [1.165, 1.54) is 51.7 Å². The van der Waals surface area contributed by atoms with Crippen LogP contribution in [0, 0.1) is 11.8 Å². The first-order chi connectivity index (χ1) is 13.9. The monoisotopic (exact) mass is 476 g/mol. The summed E-state index contributed by atoms with van der Waals surface area (Å²) in [6, 6.07) is 6.10. The van der Waals surface area contributed by atoms with Crippen molar-refractivity contribution in [3.8, 4) is 5.75 Å². The van der Waals surface area contributed by atoms with Crippen molar-refractivity contribution in [3.05, 3.63) is 35.9 Å². The van der Waals surface area contributed by atoms with E-state index in [9.17, 15) is 4.79 Å². The molecular formula is C22H31Cl3O3Si. The maximum atomic E-state index is 11.1. The van der Waals surface area contributed by atoms with Crippen LogP contribution >= 0.6 is 33.2 Å². The second kappa shape index (κ2) is 12.9. The zero-order chi connectivity index (χ0) is 21.1. The Kier molecular flexibility index (Phi) is 10.9. The predicted molar refractivity (Wildman–Crippen MR) is 125 cm³/mol. The first kappa shape index (κ1) is 24.6. The summed E-state index contributed by atoms with van der Waals surface area (Å²) in [7, 11) is 1.37. The van der Waals surface area contributed by atoms with Gasteiger partial charge in [-0.25, -0.2) is 4.79 Å².